The minimum Gasteiger partial charge on any atom is -0.391 e. The first-order valence-electron chi connectivity index (χ1n) is 8.41. The summed E-state index contributed by atoms with van der Waals surface area (Å²) in [7, 11) is 0. The van der Waals surface area contributed by atoms with Gasteiger partial charge in [-0.1, -0.05) is 42.5 Å². The Morgan fingerprint density at radius 2 is 1.92 bits per heavy atom. The quantitative estimate of drug-likeness (QED) is 0.877. The van der Waals surface area contributed by atoms with E-state index in [1.807, 2.05) is 42.5 Å². The number of fused-ring (bicyclic) bond motifs is 2. The summed E-state index contributed by atoms with van der Waals surface area (Å²) in [6.07, 6.45) is 1.29. The molecule has 24 heavy (non-hydrogen) atoms. The number of aliphatic hydroxyl groups excluding tert-OH is 1. The Morgan fingerprint density at radius 3 is 2.71 bits per heavy atom. The van der Waals surface area contributed by atoms with E-state index < -0.39 is 6.10 Å². The fourth-order valence-corrected chi connectivity index (χ4v) is 3.76. The number of amides is 3. The molecule has 0 aromatic heterocycles. The maximum absolute atomic E-state index is 12.3. The lowest BCUT2D eigenvalue weighted by molar-refractivity contribution is -0.128. The van der Waals surface area contributed by atoms with Crippen molar-refractivity contribution in [3.63, 3.8) is 0 Å². The van der Waals surface area contributed by atoms with Gasteiger partial charge in [0.2, 0.25) is 0 Å². The van der Waals surface area contributed by atoms with Gasteiger partial charge in [-0.05, 0) is 29.2 Å². The molecule has 2 aliphatic heterocycles. The fourth-order valence-electron chi connectivity index (χ4n) is 3.76. The first-order valence-corrected chi connectivity index (χ1v) is 8.41. The van der Waals surface area contributed by atoms with Crippen molar-refractivity contribution in [3.8, 4) is 0 Å². The van der Waals surface area contributed by atoms with Crippen molar-refractivity contribution in [1.82, 2.24) is 9.80 Å². The van der Waals surface area contributed by atoms with Crippen molar-refractivity contribution >= 4 is 22.7 Å². The molecule has 1 N–H and O–H groups in total. The van der Waals surface area contributed by atoms with Crippen LogP contribution in [0.5, 0.6) is 0 Å². The van der Waals surface area contributed by atoms with Crippen molar-refractivity contribution < 1.29 is 14.7 Å². The molecule has 124 valence electrons. The molecule has 0 saturated carbocycles. The maximum atomic E-state index is 12.3. The monoisotopic (exact) mass is 324 g/mol. The van der Waals surface area contributed by atoms with Crippen LogP contribution in [-0.4, -0.2) is 52.1 Å². The highest BCUT2D eigenvalue weighted by Crippen LogP contribution is 2.27. The molecule has 2 atom stereocenters. The molecule has 0 spiro atoms. The Bertz CT molecular complexity index is 782. The zero-order valence-corrected chi connectivity index (χ0v) is 13.4. The van der Waals surface area contributed by atoms with Crippen LogP contribution in [0.3, 0.4) is 0 Å². The number of benzene rings is 2. The number of hydrogen-bond donors (Lipinski definition) is 1. The Hall–Kier alpha value is -2.40. The molecule has 2 heterocycles. The third-order valence-corrected chi connectivity index (χ3v) is 4.96. The van der Waals surface area contributed by atoms with Crippen LogP contribution < -0.4 is 0 Å². The number of urea groups is 1. The Labute approximate surface area is 140 Å². The molecule has 2 saturated heterocycles. The zero-order chi connectivity index (χ0) is 16.7. The summed E-state index contributed by atoms with van der Waals surface area (Å²) in [4.78, 5) is 27.4. The number of imide groups is 1. The molecule has 3 amide bonds. The third kappa shape index (κ3) is 2.55. The summed E-state index contributed by atoms with van der Waals surface area (Å²) < 4.78 is 0. The number of β-amino-alcohol motifs (C(OH)–C–C–N with tert-alkyl or cyclic N) is 1. The van der Waals surface area contributed by atoms with Crippen molar-refractivity contribution in [2.24, 2.45) is 0 Å². The van der Waals surface area contributed by atoms with Gasteiger partial charge in [-0.3, -0.25) is 9.69 Å². The average Bonchev–Trinajstić information content (AvgIpc) is 3.15. The van der Waals surface area contributed by atoms with Crippen LogP contribution in [0.4, 0.5) is 4.79 Å². The summed E-state index contributed by atoms with van der Waals surface area (Å²) in [5.74, 6) is -0.157. The average molecular weight is 324 g/mol. The van der Waals surface area contributed by atoms with Crippen LogP contribution in [-0.2, 0) is 11.2 Å². The molecular formula is C19H20N2O3. The minimum atomic E-state index is -0.751. The van der Waals surface area contributed by atoms with Crippen molar-refractivity contribution in [1.29, 1.82) is 0 Å². The Balaban J connectivity index is 1.45. The van der Waals surface area contributed by atoms with Crippen LogP contribution in [0.2, 0.25) is 0 Å². The number of carbonyl (C=O) groups excluding carboxylic acids is 2. The molecule has 2 aliphatic rings. The highest BCUT2D eigenvalue weighted by molar-refractivity contribution is 6.04. The van der Waals surface area contributed by atoms with Gasteiger partial charge in [-0.25, -0.2) is 4.79 Å². The third-order valence-electron chi connectivity index (χ3n) is 4.96. The molecule has 2 aromatic carbocycles. The summed E-state index contributed by atoms with van der Waals surface area (Å²) in [6, 6.07) is 13.6. The van der Waals surface area contributed by atoms with Crippen LogP contribution in [0.25, 0.3) is 10.8 Å². The molecule has 2 fully saturated rings. The normalized spacial score (nSPS) is 21.6. The second kappa shape index (κ2) is 5.91. The van der Waals surface area contributed by atoms with E-state index in [4.69, 9.17) is 0 Å². The lowest BCUT2D eigenvalue weighted by Crippen LogP contribution is -2.39. The van der Waals surface area contributed by atoms with E-state index in [0.29, 0.717) is 13.0 Å². The fraction of sp³-hybridized carbons (Fsp3) is 0.368. The van der Waals surface area contributed by atoms with E-state index in [1.54, 1.807) is 4.90 Å². The first-order chi connectivity index (χ1) is 11.6. The predicted octanol–water partition coefficient (Wildman–Crippen LogP) is 2.17. The van der Waals surface area contributed by atoms with Crippen LogP contribution >= 0.6 is 0 Å². The van der Waals surface area contributed by atoms with E-state index in [1.165, 1.54) is 4.90 Å². The van der Waals surface area contributed by atoms with Gasteiger partial charge in [0.25, 0.3) is 5.91 Å². The van der Waals surface area contributed by atoms with Crippen molar-refractivity contribution in [2.75, 3.05) is 13.1 Å². The summed E-state index contributed by atoms with van der Waals surface area (Å²) in [5.41, 5.74) is 1.00. The van der Waals surface area contributed by atoms with E-state index in [0.717, 1.165) is 29.2 Å². The molecule has 5 heteroatoms. The van der Waals surface area contributed by atoms with E-state index in [2.05, 4.69) is 0 Å². The Kier molecular flexibility index (Phi) is 3.73. The van der Waals surface area contributed by atoms with Gasteiger partial charge in [-0.2, -0.15) is 0 Å². The number of carbonyl (C=O) groups is 2. The molecule has 0 bridgehead atoms. The summed E-state index contributed by atoms with van der Waals surface area (Å²) in [6.45, 7) is 0.712. The lowest BCUT2D eigenvalue weighted by atomic mass is 10.0. The Morgan fingerprint density at radius 1 is 1.12 bits per heavy atom. The second-order valence-electron chi connectivity index (χ2n) is 6.62. The van der Waals surface area contributed by atoms with E-state index in [-0.39, 0.29) is 24.5 Å². The van der Waals surface area contributed by atoms with Crippen LogP contribution in [0, 0.1) is 0 Å². The number of nitrogens with zero attached hydrogens (tertiary/aromatic N) is 2. The van der Waals surface area contributed by atoms with Crippen LogP contribution in [0.15, 0.2) is 42.5 Å². The smallest absolute Gasteiger partial charge is 0.327 e. The van der Waals surface area contributed by atoms with Crippen LogP contribution in [0.1, 0.15) is 18.4 Å². The standard InChI is InChI=1S/C19H20N2O3/c22-16(11-13-7-8-14-4-1-2-5-15(14)10-13)12-21-18(23)17-6-3-9-20(17)19(21)24/h1-2,4-5,7-8,10,16-17,22H,3,6,9,11-12H2. The molecule has 0 radical (unpaired) electrons. The van der Waals surface area contributed by atoms with Gasteiger partial charge in [0.1, 0.15) is 6.04 Å². The summed E-state index contributed by atoms with van der Waals surface area (Å²) in [5, 5.41) is 12.6. The topological polar surface area (TPSA) is 60.9 Å². The van der Waals surface area contributed by atoms with Gasteiger partial charge in [0.15, 0.2) is 0 Å². The lowest BCUT2D eigenvalue weighted by Gasteiger charge is -2.19. The van der Waals surface area contributed by atoms with Gasteiger partial charge in [-0.15, -0.1) is 0 Å². The second-order valence-corrected chi connectivity index (χ2v) is 6.62. The van der Waals surface area contributed by atoms with Gasteiger partial charge >= 0.3 is 6.03 Å². The van der Waals surface area contributed by atoms with E-state index in [9.17, 15) is 14.7 Å². The number of hydrogen-bond acceptors (Lipinski definition) is 3. The number of aliphatic hydroxyl groups is 1. The molecule has 5 nitrogen and oxygen atoms in total. The number of rotatable bonds is 4. The first kappa shape index (κ1) is 15.1. The molecule has 0 aliphatic carbocycles. The molecular weight excluding hydrogens is 304 g/mol. The minimum absolute atomic E-state index is 0.0670. The maximum Gasteiger partial charge on any atom is 0.327 e. The molecule has 2 unspecified atom stereocenters. The van der Waals surface area contributed by atoms with Gasteiger partial charge in [0, 0.05) is 13.0 Å². The highest BCUT2D eigenvalue weighted by atomic mass is 16.3. The predicted molar refractivity (Wildman–Crippen MR) is 90.5 cm³/mol. The van der Waals surface area contributed by atoms with E-state index >= 15 is 0 Å². The highest BCUT2D eigenvalue weighted by Gasteiger charge is 2.47. The van der Waals surface area contributed by atoms with Gasteiger partial charge < -0.3 is 10.0 Å². The largest absolute Gasteiger partial charge is 0.391 e. The molecule has 2 aromatic rings. The zero-order valence-electron chi connectivity index (χ0n) is 13.4. The molecule has 4 rings (SSSR count). The SMILES string of the molecule is O=C1C2CCCN2C(=O)N1CC(O)Cc1ccc2ccccc2c1. The van der Waals surface area contributed by atoms with Gasteiger partial charge in [0.05, 0.1) is 12.6 Å². The van der Waals surface area contributed by atoms with Crippen molar-refractivity contribution in [3.05, 3.63) is 48.0 Å². The van der Waals surface area contributed by atoms with Crippen molar-refractivity contribution in [2.45, 2.75) is 31.4 Å². The summed E-state index contributed by atoms with van der Waals surface area (Å²) >= 11 is 0.